The van der Waals surface area contributed by atoms with Crippen LogP contribution in [0.25, 0.3) is 0 Å². The molecule has 0 aromatic heterocycles. The van der Waals surface area contributed by atoms with Crippen LogP contribution in [-0.4, -0.2) is 200 Å². The minimum atomic E-state index is -2.33. The summed E-state index contributed by atoms with van der Waals surface area (Å²) in [6.45, 7) is 3.21. The predicted octanol–water partition coefficient (Wildman–Crippen LogP) is -3.07. The number of aliphatic hydroxyl groups is 2. The smallest absolute Gasteiger partial charge is 0.329 e. The van der Waals surface area contributed by atoms with E-state index in [9.17, 15) is 82.8 Å². The molecule has 2 fully saturated rings. The first-order valence-corrected chi connectivity index (χ1v) is 27.9. The number of rotatable bonds is 26. The third kappa shape index (κ3) is 22.1. The van der Waals surface area contributed by atoms with E-state index in [1.165, 1.54) is 19.1 Å². The molecule has 30 nitrogen and oxygen atoms in total. The van der Waals surface area contributed by atoms with Gasteiger partial charge in [0.2, 0.25) is 53.2 Å². The van der Waals surface area contributed by atoms with Gasteiger partial charge in [0, 0.05) is 26.9 Å². The highest BCUT2D eigenvalue weighted by molar-refractivity contribution is 6.00. The van der Waals surface area contributed by atoms with Crippen molar-refractivity contribution in [2.45, 2.75) is 184 Å². The minimum Gasteiger partial charge on any atom is -0.481 e. The molecule has 84 heavy (non-hydrogen) atoms. The van der Waals surface area contributed by atoms with Crippen LogP contribution in [0.15, 0.2) is 30.3 Å². The molecule has 0 spiro atoms. The number of carboxylic acid groups (broad SMARTS) is 2. The number of likely N-dealkylation sites (N-methyl/N-ethyl adjacent to an activating group) is 2. The molecule has 2 aliphatic heterocycles. The lowest BCUT2D eigenvalue weighted by Gasteiger charge is -2.44. The van der Waals surface area contributed by atoms with Crippen molar-refractivity contribution >= 4 is 77.0 Å². The number of esters is 1. The molecular weight excluding hydrogens is 1110 g/mol. The van der Waals surface area contributed by atoms with Gasteiger partial charge in [-0.1, -0.05) is 109 Å². The molecule has 2 saturated heterocycles. The number of hydroxylamine groups is 2. The average Bonchev–Trinajstić information content (AvgIpc) is 1.27. The van der Waals surface area contributed by atoms with Gasteiger partial charge in [-0.05, 0) is 23.8 Å². The van der Waals surface area contributed by atoms with E-state index in [1.807, 2.05) is 0 Å². The Labute approximate surface area is 485 Å². The zero-order valence-electron chi connectivity index (χ0n) is 48.0. The van der Waals surface area contributed by atoms with Crippen molar-refractivity contribution in [2.24, 2.45) is 29.0 Å². The number of unbranched alkanes of at least 4 members (excludes halogenated alkanes) is 7. The summed E-state index contributed by atoms with van der Waals surface area (Å²) in [5.74, 6) is -17.9. The summed E-state index contributed by atoms with van der Waals surface area (Å²) in [5, 5.41) is 52.9. The van der Waals surface area contributed by atoms with Gasteiger partial charge in [-0.3, -0.25) is 57.5 Å². The maximum absolute atomic E-state index is 14.8. The maximum atomic E-state index is 14.8. The number of primary amides is 2. The number of carbonyl (C=O) groups excluding carboxylic acids is 11. The van der Waals surface area contributed by atoms with Crippen LogP contribution in [0.3, 0.4) is 0 Å². The van der Waals surface area contributed by atoms with Crippen LogP contribution < -0.4 is 43.8 Å². The van der Waals surface area contributed by atoms with E-state index in [4.69, 9.17) is 26.8 Å². The zero-order chi connectivity index (χ0) is 63.0. The monoisotopic (exact) mass is 1190 g/mol. The van der Waals surface area contributed by atoms with Crippen molar-refractivity contribution in [3.05, 3.63) is 35.9 Å². The first kappa shape index (κ1) is 70.4. The van der Waals surface area contributed by atoms with Gasteiger partial charge in [-0.15, -0.1) is 0 Å². The topological polar surface area (TPSA) is 469 Å². The van der Waals surface area contributed by atoms with Gasteiger partial charge in [-0.25, -0.2) is 14.7 Å². The van der Waals surface area contributed by atoms with Crippen LogP contribution in [-0.2, 0) is 78.3 Å². The van der Waals surface area contributed by atoms with E-state index < -0.39 is 182 Å². The second-order valence-corrected chi connectivity index (χ2v) is 21.3. The van der Waals surface area contributed by atoms with Gasteiger partial charge in [0.1, 0.15) is 48.9 Å². The van der Waals surface area contributed by atoms with Crippen molar-refractivity contribution < 1.29 is 92.3 Å². The number of fused-ring (bicyclic) bond motifs is 1. The molecule has 0 radical (unpaired) electrons. The van der Waals surface area contributed by atoms with E-state index in [1.54, 1.807) is 18.2 Å². The molecular formula is C54H83N11O19. The molecule has 15 N–H and O–H groups in total. The van der Waals surface area contributed by atoms with E-state index in [0.717, 1.165) is 70.4 Å². The minimum absolute atomic E-state index is 0.153. The lowest BCUT2D eigenvalue weighted by molar-refractivity contribution is -0.307. The van der Waals surface area contributed by atoms with Gasteiger partial charge in [0.15, 0.2) is 12.3 Å². The normalized spacial score (nSPS) is 24.7. The maximum Gasteiger partial charge on any atom is 0.329 e. The number of benzene rings is 1. The molecule has 12 atom stereocenters. The summed E-state index contributed by atoms with van der Waals surface area (Å²) >= 11 is 0. The molecule has 30 heteroatoms. The summed E-state index contributed by atoms with van der Waals surface area (Å²) in [5.41, 5.74) is 17.2. The van der Waals surface area contributed by atoms with Gasteiger partial charge in [0.25, 0.3) is 5.91 Å². The SMILES string of the molecule is CCC(C)CCCCCCCCCCC(=O)NC1COC(=O)C(C(C)CC(=O)O)NC(=O)C(C(O)CC(N)=O)NC(=O)C(CC(N)=O)N(C)C(=O)C(Cc2ccccc2)N(C)C(=O)C(CC(=O)O)NC(=O)C2C(N)ON2C(=O)C(CO)NC1=O. The number of carboxylic acids is 2. The molecule has 10 amide bonds. The van der Waals surface area contributed by atoms with E-state index in [-0.39, 0.29) is 12.8 Å². The fraction of sp³-hybridized carbons (Fsp3) is 0.648. The Bertz CT molecular complexity index is 2490. The number of ether oxygens (including phenoxy) is 1. The third-order valence-electron chi connectivity index (χ3n) is 14.5. The Morgan fingerprint density at radius 1 is 0.690 bits per heavy atom. The number of hydrogen-bond acceptors (Lipinski definition) is 18. The fourth-order valence-corrected chi connectivity index (χ4v) is 9.35. The summed E-state index contributed by atoms with van der Waals surface area (Å²) < 4.78 is 5.44. The predicted molar refractivity (Wildman–Crippen MR) is 294 cm³/mol. The van der Waals surface area contributed by atoms with Crippen LogP contribution in [0.2, 0.25) is 0 Å². The number of nitrogens with zero attached hydrogens (tertiary/aromatic N) is 3. The van der Waals surface area contributed by atoms with E-state index >= 15 is 0 Å². The zero-order valence-corrected chi connectivity index (χ0v) is 48.0. The number of aliphatic carboxylic acids is 2. The lowest BCUT2D eigenvalue weighted by Crippen LogP contribution is -2.73. The Morgan fingerprint density at radius 2 is 1.27 bits per heavy atom. The van der Waals surface area contributed by atoms with E-state index in [0.29, 0.717) is 34.3 Å². The molecule has 3 rings (SSSR count). The standard InChI is InChI=1S/C54H83N11O19/c1-6-29(2)18-14-11-9-7-8-10-12-17-21-40(70)58-34-28-83-54(82)43(30(3)22-41(71)72)61-49(77)44(37(67)26-39(56)69)62-48(76)35(25-38(55)68)63(4)53(81)36(23-31-19-15-13-16-20-31)64(5)51(79)32(24-42(73)74)59-50(78)45-46(57)84-65(45)52(80)33(27-66)60-47(34)75/h13,15-16,19-20,29-30,32-37,43-46,66-67H,6-12,14,17-18,21-28,57H2,1-5H3,(H2,55,68)(H2,56,69)(H,58,70)(H,59,78)(H,60,75)(H,61,77)(H,62,76)(H,71,72)(H,73,74). The highest BCUT2D eigenvalue weighted by Crippen LogP contribution is 2.23. The van der Waals surface area contributed by atoms with Gasteiger partial charge in [0.05, 0.1) is 38.4 Å². The van der Waals surface area contributed by atoms with Crippen molar-refractivity contribution in [3.8, 4) is 0 Å². The van der Waals surface area contributed by atoms with Crippen molar-refractivity contribution in [1.29, 1.82) is 0 Å². The largest absolute Gasteiger partial charge is 0.481 e. The number of carbonyl (C=O) groups is 13. The molecule has 1 aromatic rings. The van der Waals surface area contributed by atoms with Crippen molar-refractivity contribution in [1.82, 2.24) is 41.4 Å². The number of aliphatic hydroxyl groups excluding tert-OH is 2. The highest BCUT2D eigenvalue weighted by Gasteiger charge is 2.51. The number of nitrogens with one attached hydrogen (secondary N) is 5. The Hall–Kier alpha value is -7.83. The average molecular weight is 1190 g/mol. The Morgan fingerprint density at radius 3 is 1.83 bits per heavy atom. The second kappa shape index (κ2) is 34.7. The van der Waals surface area contributed by atoms with E-state index in [2.05, 4.69) is 40.4 Å². The van der Waals surface area contributed by atoms with Crippen LogP contribution in [0.5, 0.6) is 0 Å². The highest BCUT2D eigenvalue weighted by atomic mass is 16.7. The Balaban J connectivity index is 2.17. The summed E-state index contributed by atoms with van der Waals surface area (Å²) in [4.78, 5) is 183. The van der Waals surface area contributed by atoms with Crippen molar-refractivity contribution in [3.63, 3.8) is 0 Å². The molecule has 2 heterocycles. The summed E-state index contributed by atoms with van der Waals surface area (Å²) in [6, 6.07) is -8.20. The Kier molecular flexibility index (Phi) is 29.1. The summed E-state index contributed by atoms with van der Waals surface area (Å²) in [6.07, 6.45) is 0.700. The van der Waals surface area contributed by atoms with Crippen LogP contribution in [0, 0.1) is 11.8 Å². The summed E-state index contributed by atoms with van der Waals surface area (Å²) in [7, 11) is 2.03. The third-order valence-corrected chi connectivity index (χ3v) is 14.5. The van der Waals surface area contributed by atoms with Gasteiger partial charge >= 0.3 is 17.9 Å². The number of amides is 10. The van der Waals surface area contributed by atoms with Gasteiger partial charge < -0.3 is 78.7 Å². The number of hydrogen-bond donors (Lipinski definition) is 12. The first-order chi connectivity index (χ1) is 39.6. The quantitative estimate of drug-likeness (QED) is 0.0323. The van der Waals surface area contributed by atoms with Gasteiger partial charge in [-0.2, -0.15) is 0 Å². The lowest BCUT2D eigenvalue weighted by atomic mass is 9.97. The molecule has 0 aliphatic carbocycles. The molecule has 468 valence electrons. The fourth-order valence-electron chi connectivity index (χ4n) is 9.35. The van der Waals surface area contributed by atoms with Crippen LogP contribution >= 0.6 is 0 Å². The molecule has 0 bridgehead atoms. The molecule has 0 saturated carbocycles. The molecule has 2 aliphatic rings. The number of nitrogens with two attached hydrogens (primary N) is 3. The number of cyclic esters (lactones) is 1. The molecule has 12 unspecified atom stereocenters. The molecule has 1 aromatic carbocycles. The van der Waals surface area contributed by atoms with Crippen LogP contribution in [0.1, 0.15) is 123 Å². The van der Waals surface area contributed by atoms with Crippen molar-refractivity contribution in [2.75, 3.05) is 27.3 Å². The second-order valence-electron chi connectivity index (χ2n) is 21.3. The first-order valence-electron chi connectivity index (χ1n) is 27.9. The van der Waals surface area contributed by atoms with Crippen LogP contribution in [0.4, 0.5) is 0 Å².